The zero-order valence-corrected chi connectivity index (χ0v) is 12.1. The van der Waals surface area contributed by atoms with E-state index in [2.05, 4.69) is 11.8 Å². The predicted octanol–water partition coefficient (Wildman–Crippen LogP) is 0.139. The van der Waals surface area contributed by atoms with Crippen molar-refractivity contribution in [3.8, 4) is 11.8 Å². The van der Waals surface area contributed by atoms with Gasteiger partial charge in [-0.3, -0.25) is 4.79 Å². The first-order chi connectivity index (χ1) is 10.2. The molecule has 0 radical (unpaired) electrons. The van der Waals surface area contributed by atoms with Crippen LogP contribution in [0.3, 0.4) is 0 Å². The van der Waals surface area contributed by atoms with Crippen LogP contribution in [-0.2, 0) is 4.74 Å². The monoisotopic (exact) mass is 288 g/mol. The number of nitrogens with zero attached hydrogens (tertiary/aromatic N) is 1. The highest BCUT2D eigenvalue weighted by molar-refractivity contribution is 5.96. The fourth-order valence-corrected chi connectivity index (χ4v) is 2.27. The Balaban J connectivity index is 2.21. The molecule has 1 saturated heterocycles. The molecule has 2 rings (SSSR count). The van der Waals surface area contributed by atoms with E-state index < -0.39 is 0 Å². The highest BCUT2D eigenvalue weighted by Crippen LogP contribution is 2.16. The molecule has 1 unspecified atom stereocenters. The molecule has 1 atom stereocenters. The molecule has 0 aliphatic carbocycles. The minimum atomic E-state index is -0.303. The minimum Gasteiger partial charge on any atom is -0.394 e. The topological polar surface area (TPSA) is 75.8 Å². The quantitative estimate of drug-likeness (QED) is 0.759. The summed E-state index contributed by atoms with van der Waals surface area (Å²) in [6.07, 6.45) is -0.303. The number of carbonyl (C=O) groups excluding carboxylic acids is 1. The molecule has 1 amide bonds. The van der Waals surface area contributed by atoms with Gasteiger partial charge in [-0.1, -0.05) is 17.9 Å². The molecule has 0 bridgehead atoms. The molecule has 0 aromatic heterocycles. The SMILES string of the molecule is Cc1ccc(C#CCN)cc1C(=O)N1CCOC(CO)C1. The largest absolute Gasteiger partial charge is 0.394 e. The van der Waals surface area contributed by atoms with E-state index in [1.807, 2.05) is 19.1 Å². The molecule has 5 heteroatoms. The van der Waals surface area contributed by atoms with Crippen molar-refractivity contribution in [3.63, 3.8) is 0 Å². The van der Waals surface area contributed by atoms with Crippen LogP contribution in [0.15, 0.2) is 18.2 Å². The van der Waals surface area contributed by atoms with Gasteiger partial charge in [0.05, 0.1) is 25.9 Å². The van der Waals surface area contributed by atoms with Crippen molar-refractivity contribution in [2.45, 2.75) is 13.0 Å². The lowest BCUT2D eigenvalue weighted by molar-refractivity contribution is -0.0447. The van der Waals surface area contributed by atoms with Crippen LogP contribution in [0.25, 0.3) is 0 Å². The average Bonchev–Trinajstić information content (AvgIpc) is 2.53. The highest BCUT2D eigenvalue weighted by atomic mass is 16.5. The van der Waals surface area contributed by atoms with E-state index in [1.165, 1.54) is 0 Å². The fourth-order valence-electron chi connectivity index (χ4n) is 2.27. The molecule has 1 aromatic rings. The summed E-state index contributed by atoms with van der Waals surface area (Å²) in [5.74, 6) is 5.67. The number of amides is 1. The Morgan fingerprint density at radius 2 is 2.38 bits per heavy atom. The van der Waals surface area contributed by atoms with Crippen LogP contribution in [0, 0.1) is 18.8 Å². The zero-order chi connectivity index (χ0) is 15.2. The van der Waals surface area contributed by atoms with Crippen molar-refractivity contribution >= 4 is 5.91 Å². The summed E-state index contributed by atoms with van der Waals surface area (Å²) in [7, 11) is 0. The van der Waals surface area contributed by atoms with Gasteiger partial charge >= 0.3 is 0 Å². The summed E-state index contributed by atoms with van der Waals surface area (Å²) in [5, 5.41) is 9.16. The van der Waals surface area contributed by atoms with Crippen LogP contribution >= 0.6 is 0 Å². The smallest absolute Gasteiger partial charge is 0.254 e. The molecule has 1 heterocycles. The summed E-state index contributed by atoms with van der Waals surface area (Å²) in [4.78, 5) is 14.3. The van der Waals surface area contributed by atoms with Crippen molar-refractivity contribution in [2.75, 3.05) is 32.8 Å². The van der Waals surface area contributed by atoms with E-state index in [9.17, 15) is 4.79 Å². The standard InChI is InChI=1S/C16H20N2O3/c1-12-4-5-13(3-2-6-17)9-15(12)16(20)18-7-8-21-14(10-18)11-19/h4-5,9,14,19H,6-8,10-11,17H2,1H3. The van der Waals surface area contributed by atoms with E-state index in [-0.39, 0.29) is 18.6 Å². The average molecular weight is 288 g/mol. The lowest BCUT2D eigenvalue weighted by Crippen LogP contribution is -2.47. The number of benzene rings is 1. The first-order valence-corrected chi connectivity index (χ1v) is 6.97. The second kappa shape index (κ2) is 7.23. The maximum atomic E-state index is 12.6. The van der Waals surface area contributed by atoms with Gasteiger partial charge in [0.15, 0.2) is 0 Å². The van der Waals surface area contributed by atoms with Crippen LogP contribution in [0.1, 0.15) is 21.5 Å². The summed E-state index contributed by atoms with van der Waals surface area (Å²) in [6.45, 7) is 3.50. The molecule has 112 valence electrons. The Morgan fingerprint density at radius 1 is 1.57 bits per heavy atom. The number of hydrogen-bond acceptors (Lipinski definition) is 4. The van der Waals surface area contributed by atoms with Crippen molar-refractivity contribution in [2.24, 2.45) is 5.73 Å². The summed E-state index contributed by atoms with van der Waals surface area (Å²) < 4.78 is 5.37. The van der Waals surface area contributed by atoms with Crippen LogP contribution in [0.2, 0.25) is 0 Å². The van der Waals surface area contributed by atoms with E-state index in [4.69, 9.17) is 15.6 Å². The third-order valence-corrected chi connectivity index (χ3v) is 3.43. The molecule has 0 spiro atoms. The van der Waals surface area contributed by atoms with Gasteiger partial charge in [0, 0.05) is 24.2 Å². The molecule has 3 N–H and O–H groups in total. The molecular formula is C16H20N2O3. The maximum Gasteiger partial charge on any atom is 0.254 e. The van der Waals surface area contributed by atoms with Gasteiger partial charge in [-0.15, -0.1) is 0 Å². The third kappa shape index (κ3) is 3.82. The Labute approximate surface area is 124 Å². The normalized spacial score (nSPS) is 18.0. The Kier molecular flexibility index (Phi) is 5.34. The number of nitrogens with two attached hydrogens (primary N) is 1. The Hall–Kier alpha value is -1.87. The lowest BCUT2D eigenvalue weighted by atomic mass is 10.0. The maximum absolute atomic E-state index is 12.6. The molecule has 1 aromatic carbocycles. The summed E-state index contributed by atoms with van der Waals surface area (Å²) in [5.41, 5.74) is 7.69. The third-order valence-electron chi connectivity index (χ3n) is 3.43. The first kappa shape index (κ1) is 15.5. The number of hydrogen-bond donors (Lipinski definition) is 2. The van der Waals surface area contributed by atoms with Gasteiger partial charge in [0.25, 0.3) is 5.91 Å². The van der Waals surface area contributed by atoms with Gasteiger partial charge in [-0.25, -0.2) is 0 Å². The molecule has 5 nitrogen and oxygen atoms in total. The number of morpholine rings is 1. The van der Waals surface area contributed by atoms with Crippen LogP contribution in [-0.4, -0.2) is 54.9 Å². The first-order valence-electron chi connectivity index (χ1n) is 6.97. The van der Waals surface area contributed by atoms with Gasteiger partial charge in [0.1, 0.15) is 0 Å². The van der Waals surface area contributed by atoms with E-state index in [0.717, 1.165) is 11.1 Å². The van der Waals surface area contributed by atoms with Gasteiger partial charge < -0.3 is 20.5 Å². The van der Waals surface area contributed by atoms with Gasteiger partial charge in [0.2, 0.25) is 0 Å². The molecule has 1 fully saturated rings. The Bertz CT molecular complexity index is 575. The number of carbonyl (C=O) groups is 1. The predicted molar refractivity (Wildman–Crippen MR) is 79.8 cm³/mol. The van der Waals surface area contributed by atoms with Crippen molar-refractivity contribution < 1.29 is 14.6 Å². The van der Waals surface area contributed by atoms with Crippen LogP contribution in [0.4, 0.5) is 0 Å². The minimum absolute atomic E-state index is 0.0503. The Morgan fingerprint density at radius 3 is 3.10 bits per heavy atom. The van der Waals surface area contributed by atoms with Crippen LogP contribution < -0.4 is 5.73 Å². The molecule has 0 saturated carbocycles. The molecule has 21 heavy (non-hydrogen) atoms. The van der Waals surface area contributed by atoms with Crippen LogP contribution in [0.5, 0.6) is 0 Å². The van der Waals surface area contributed by atoms with Gasteiger partial charge in [-0.2, -0.15) is 0 Å². The summed E-state index contributed by atoms with van der Waals surface area (Å²) >= 11 is 0. The lowest BCUT2D eigenvalue weighted by Gasteiger charge is -2.32. The van der Waals surface area contributed by atoms with E-state index in [0.29, 0.717) is 31.8 Å². The number of aliphatic hydroxyl groups is 1. The zero-order valence-electron chi connectivity index (χ0n) is 12.1. The van der Waals surface area contributed by atoms with Crippen molar-refractivity contribution in [1.29, 1.82) is 0 Å². The molecule has 1 aliphatic rings. The van der Waals surface area contributed by atoms with Crippen molar-refractivity contribution in [3.05, 3.63) is 34.9 Å². The molecular weight excluding hydrogens is 268 g/mol. The number of rotatable bonds is 2. The second-order valence-electron chi connectivity index (χ2n) is 4.96. The van der Waals surface area contributed by atoms with E-state index in [1.54, 1.807) is 11.0 Å². The summed E-state index contributed by atoms with van der Waals surface area (Å²) in [6, 6.07) is 5.56. The number of aliphatic hydroxyl groups excluding tert-OH is 1. The number of ether oxygens (including phenoxy) is 1. The van der Waals surface area contributed by atoms with E-state index >= 15 is 0 Å². The second-order valence-corrected chi connectivity index (χ2v) is 4.96. The fraction of sp³-hybridized carbons (Fsp3) is 0.438. The van der Waals surface area contributed by atoms with Gasteiger partial charge in [-0.05, 0) is 24.6 Å². The van der Waals surface area contributed by atoms with Crippen molar-refractivity contribution in [1.82, 2.24) is 4.90 Å². The number of aryl methyl sites for hydroxylation is 1. The highest BCUT2D eigenvalue weighted by Gasteiger charge is 2.25. The molecule has 1 aliphatic heterocycles.